The van der Waals surface area contributed by atoms with E-state index >= 15 is 0 Å². The molecule has 1 aliphatic heterocycles. The molecule has 6 nitrogen and oxygen atoms in total. The third-order valence-corrected chi connectivity index (χ3v) is 4.33. The van der Waals surface area contributed by atoms with Crippen molar-refractivity contribution >= 4 is 17.5 Å². The summed E-state index contributed by atoms with van der Waals surface area (Å²) >= 11 is 0. The average Bonchev–Trinajstić information content (AvgIpc) is 3.22. The van der Waals surface area contributed by atoms with Gasteiger partial charge < -0.3 is 9.88 Å². The van der Waals surface area contributed by atoms with Crippen molar-refractivity contribution in [1.29, 1.82) is 0 Å². The second-order valence-corrected chi connectivity index (χ2v) is 6.06. The Bertz CT molecular complexity index is 912. The van der Waals surface area contributed by atoms with E-state index in [-0.39, 0.29) is 11.8 Å². The number of hydrogen-bond donors (Lipinski definition) is 1. The number of carbonyl (C=O) groups is 1. The zero-order valence-corrected chi connectivity index (χ0v) is 13.8. The van der Waals surface area contributed by atoms with Crippen LogP contribution in [-0.2, 0) is 13.6 Å². The van der Waals surface area contributed by atoms with E-state index in [0.717, 1.165) is 30.2 Å². The second kappa shape index (κ2) is 6.08. The number of nitrogens with zero attached hydrogens (tertiary/aromatic N) is 4. The molecular formula is C18H18FN5O. The Morgan fingerprint density at radius 1 is 1.20 bits per heavy atom. The van der Waals surface area contributed by atoms with Gasteiger partial charge in [-0.2, -0.15) is 5.10 Å². The van der Waals surface area contributed by atoms with Crippen molar-refractivity contribution in [1.82, 2.24) is 14.3 Å². The number of fused-ring (bicyclic) bond motifs is 1. The van der Waals surface area contributed by atoms with Gasteiger partial charge in [0, 0.05) is 38.1 Å². The lowest BCUT2D eigenvalue weighted by Crippen LogP contribution is -2.40. The summed E-state index contributed by atoms with van der Waals surface area (Å²) in [5.41, 5.74) is 2.40. The largest absolute Gasteiger partial charge is 0.349 e. The SMILES string of the molecule is Cn1cccc1-c1cc2n(n1)CCCN2C(=O)Nc1ccc(F)cc1. The molecular weight excluding hydrogens is 321 g/mol. The molecule has 0 bridgehead atoms. The maximum atomic E-state index is 13.0. The molecule has 0 atom stereocenters. The summed E-state index contributed by atoms with van der Waals surface area (Å²) in [5, 5.41) is 7.44. The maximum Gasteiger partial charge on any atom is 0.327 e. The van der Waals surface area contributed by atoms with E-state index in [9.17, 15) is 9.18 Å². The molecule has 0 spiro atoms. The van der Waals surface area contributed by atoms with Crippen LogP contribution >= 0.6 is 0 Å². The minimum atomic E-state index is -0.332. The molecule has 1 aromatic carbocycles. The van der Waals surface area contributed by atoms with Crippen LogP contribution in [0.2, 0.25) is 0 Å². The third-order valence-electron chi connectivity index (χ3n) is 4.33. The van der Waals surface area contributed by atoms with Crippen LogP contribution in [0, 0.1) is 5.82 Å². The zero-order chi connectivity index (χ0) is 17.4. The summed E-state index contributed by atoms with van der Waals surface area (Å²) in [6.07, 6.45) is 2.80. The molecule has 0 unspecified atom stereocenters. The Balaban J connectivity index is 1.60. The fourth-order valence-electron chi connectivity index (χ4n) is 3.06. The number of amides is 2. The number of nitrogens with one attached hydrogen (secondary N) is 1. The molecule has 1 N–H and O–H groups in total. The molecule has 2 aromatic heterocycles. The summed E-state index contributed by atoms with van der Waals surface area (Å²) in [7, 11) is 1.96. The first-order chi connectivity index (χ1) is 12.1. The van der Waals surface area contributed by atoms with Crippen LogP contribution in [0.4, 0.5) is 20.7 Å². The number of aryl methyl sites for hydroxylation is 2. The number of hydrogen-bond acceptors (Lipinski definition) is 2. The highest BCUT2D eigenvalue weighted by molar-refractivity contribution is 6.01. The molecule has 4 rings (SSSR count). The van der Waals surface area contributed by atoms with Crippen LogP contribution in [0.3, 0.4) is 0 Å². The van der Waals surface area contributed by atoms with E-state index in [1.807, 2.05) is 40.7 Å². The van der Waals surface area contributed by atoms with Gasteiger partial charge in [0.1, 0.15) is 17.3 Å². The molecule has 128 valence electrons. The molecule has 3 aromatic rings. The number of urea groups is 1. The van der Waals surface area contributed by atoms with Gasteiger partial charge in [-0.1, -0.05) is 0 Å². The summed E-state index contributed by atoms with van der Waals surface area (Å²) in [6, 6.07) is 11.4. The third kappa shape index (κ3) is 2.88. The van der Waals surface area contributed by atoms with Gasteiger partial charge in [-0.25, -0.2) is 13.9 Å². The van der Waals surface area contributed by atoms with E-state index < -0.39 is 0 Å². The molecule has 0 radical (unpaired) electrons. The monoisotopic (exact) mass is 339 g/mol. The zero-order valence-electron chi connectivity index (χ0n) is 13.8. The topological polar surface area (TPSA) is 55.1 Å². The lowest BCUT2D eigenvalue weighted by molar-refractivity contribution is 0.255. The van der Waals surface area contributed by atoms with E-state index in [1.165, 1.54) is 12.1 Å². The van der Waals surface area contributed by atoms with E-state index in [4.69, 9.17) is 0 Å². The van der Waals surface area contributed by atoms with E-state index in [1.54, 1.807) is 17.0 Å². The molecule has 7 heteroatoms. The lowest BCUT2D eigenvalue weighted by atomic mass is 10.2. The van der Waals surface area contributed by atoms with Crippen molar-refractivity contribution in [3.63, 3.8) is 0 Å². The summed E-state index contributed by atoms with van der Waals surface area (Å²) < 4.78 is 16.9. The number of rotatable bonds is 2. The summed E-state index contributed by atoms with van der Waals surface area (Å²) in [6.45, 7) is 1.39. The van der Waals surface area contributed by atoms with Crippen molar-refractivity contribution in [3.8, 4) is 11.4 Å². The highest BCUT2D eigenvalue weighted by Crippen LogP contribution is 2.28. The predicted molar refractivity (Wildman–Crippen MR) is 94.0 cm³/mol. The number of aromatic nitrogens is 3. The number of halogens is 1. The van der Waals surface area contributed by atoms with Crippen LogP contribution in [0.5, 0.6) is 0 Å². The average molecular weight is 339 g/mol. The molecule has 25 heavy (non-hydrogen) atoms. The Kier molecular flexibility index (Phi) is 3.76. The first-order valence-corrected chi connectivity index (χ1v) is 8.15. The Hall–Kier alpha value is -3.09. The van der Waals surface area contributed by atoms with Crippen molar-refractivity contribution in [2.75, 3.05) is 16.8 Å². The maximum absolute atomic E-state index is 13.0. The van der Waals surface area contributed by atoms with Crippen molar-refractivity contribution in [2.45, 2.75) is 13.0 Å². The normalized spacial score (nSPS) is 13.6. The van der Waals surface area contributed by atoms with Gasteiger partial charge in [-0.05, 0) is 42.8 Å². The molecule has 3 heterocycles. The first kappa shape index (κ1) is 15.4. The smallest absolute Gasteiger partial charge is 0.327 e. The van der Waals surface area contributed by atoms with Crippen LogP contribution in [0.1, 0.15) is 6.42 Å². The van der Waals surface area contributed by atoms with Gasteiger partial charge in [-0.15, -0.1) is 0 Å². The van der Waals surface area contributed by atoms with Gasteiger partial charge in [0.05, 0.1) is 5.69 Å². The Morgan fingerprint density at radius 2 is 2.00 bits per heavy atom. The van der Waals surface area contributed by atoms with Crippen molar-refractivity contribution < 1.29 is 9.18 Å². The molecule has 0 aliphatic carbocycles. The second-order valence-electron chi connectivity index (χ2n) is 6.06. The van der Waals surface area contributed by atoms with Gasteiger partial charge in [0.25, 0.3) is 0 Å². The minimum absolute atomic E-state index is 0.245. The standard InChI is InChI=1S/C18H18FN5O/c1-22-9-2-4-16(22)15-12-17-23(10-3-11-24(17)21-15)18(25)20-14-7-5-13(19)6-8-14/h2,4-9,12H,3,10-11H2,1H3,(H,20,25). The van der Waals surface area contributed by atoms with Crippen molar-refractivity contribution in [3.05, 3.63) is 54.5 Å². The van der Waals surface area contributed by atoms with Crippen LogP contribution in [-0.4, -0.2) is 26.9 Å². The quantitative estimate of drug-likeness (QED) is 0.777. The van der Waals surface area contributed by atoms with Gasteiger partial charge in [-0.3, -0.25) is 4.90 Å². The van der Waals surface area contributed by atoms with Crippen LogP contribution in [0.25, 0.3) is 11.4 Å². The van der Waals surface area contributed by atoms with Gasteiger partial charge in [0.2, 0.25) is 0 Å². The first-order valence-electron chi connectivity index (χ1n) is 8.15. The Morgan fingerprint density at radius 3 is 2.72 bits per heavy atom. The van der Waals surface area contributed by atoms with E-state index in [0.29, 0.717) is 12.2 Å². The molecule has 0 saturated carbocycles. The van der Waals surface area contributed by atoms with Gasteiger partial charge in [0.15, 0.2) is 0 Å². The fraction of sp³-hybridized carbons (Fsp3) is 0.222. The number of carbonyl (C=O) groups excluding carboxylic acids is 1. The lowest BCUT2D eigenvalue weighted by Gasteiger charge is -2.27. The highest BCUT2D eigenvalue weighted by Gasteiger charge is 2.25. The number of benzene rings is 1. The molecule has 0 fully saturated rings. The molecule has 0 saturated heterocycles. The van der Waals surface area contributed by atoms with Gasteiger partial charge >= 0.3 is 6.03 Å². The highest BCUT2D eigenvalue weighted by atomic mass is 19.1. The molecule has 2 amide bonds. The predicted octanol–water partition coefficient (Wildman–Crippen LogP) is 3.47. The van der Waals surface area contributed by atoms with Crippen molar-refractivity contribution in [2.24, 2.45) is 7.05 Å². The fourth-order valence-corrected chi connectivity index (χ4v) is 3.06. The molecule has 1 aliphatic rings. The summed E-state index contributed by atoms with van der Waals surface area (Å²) in [4.78, 5) is 14.3. The van der Waals surface area contributed by atoms with E-state index in [2.05, 4.69) is 10.4 Å². The Labute approximate surface area is 144 Å². The summed E-state index contributed by atoms with van der Waals surface area (Å²) in [5.74, 6) is 0.434. The van der Waals surface area contributed by atoms with Crippen LogP contribution < -0.4 is 10.2 Å². The minimum Gasteiger partial charge on any atom is -0.349 e. The van der Waals surface area contributed by atoms with Crippen LogP contribution in [0.15, 0.2) is 48.7 Å². The number of anilines is 2.